The number of rotatable bonds is 11. The molecule has 0 aliphatic rings. The number of fused-ring (bicyclic) bond motifs is 1. The molecule has 0 saturated heterocycles. The molecule has 4 aromatic carbocycles. The van der Waals surface area contributed by atoms with Crippen LogP contribution in [0.3, 0.4) is 0 Å². The predicted molar refractivity (Wildman–Crippen MR) is 171 cm³/mol. The van der Waals surface area contributed by atoms with Crippen molar-refractivity contribution >= 4 is 46.3 Å². The molecule has 228 valence electrons. The second-order valence-corrected chi connectivity index (χ2v) is 9.93. The zero-order valence-electron chi connectivity index (χ0n) is 24.2. The van der Waals surface area contributed by atoms with E-state index < -0.39 is 16.8 Å². The molecule has 0 atom stereocenters. The molecule has 0 bridgehead atoms. The van der Waals surface area contributed by atoms with Gasteiger partial charge >= 0.3 is 5.97 Å². The van der Waals surface area contributed by atoms with Crippen LogP contribution in [0.4, 0.5) is 5.69 Å². The number of hydrogen-bond donors (Lipinski definition) is 2. The number of hydrazone groups is 1. The number of nitrogens with zero attached hydrogens (tertiary/aromatic N) is 2. The Bertz CT molecular complexity index is 1920. The zero-order valence-corrected chi connectivity index (χ0v) is 25.0. The first-order valence-corrected chi connectivity index (χ1v) is 14.3. The molecule has 0 saturated carbocycles. The zero-order chi connectivity index (χ0) is 31.9. The normalized spacial score (nSPS) is 11.0. The van der Waals surface area contributed by atoms with Gasteiger partial charge in [0.05, 0.1) is 29.9 Å². The lowest BCUT2D eigenvalue weighted by Crippen LogP contribution is -2.19. The minimum Gasteiger partial charge on any atom is -0.494 e. The minimum absolute atomic E-state index is 0.138. The van der Waals surface area contributed by atoms with Crippen LogP contribution in [-0.2, 0) is 0 Å². The Morgan fingerprint density at radius 3 is 2.42 bits per heavy atom. The molecule has 0 aliphatic heterocycles. The first-order valence-electron chi connectivity index (χ1n) is 13.9. The molecule has 0 unspecified atom stereocenters. The van der Waals surface area contributed by atoms with E-state index in [4.69, 9.17) is 25.8 Å². The van der Waals surface area contributed by atoms with Gasteiger partial charge in [0.2, 0.25) is 0 Å². The third-order valence-corrected chi connectivity index (χ3v) is 6.94. The number of benzene rings is 4. The van der Waals surface area contributed by atoms with Crippen LogP contribution in [0.5, 0.6) is 17.2 Å². The number of carbonyl (C=O) groups excluding carboxylic acids is 2. The quantitative estimate of drug-likeness (QED) is 0.0519. The number of nitro benzene ring substituents is 1. The topological polar surface area (TPSA) is 145 Å². The van der Waals surface area contributed by atoms with Gasteiger partial charge in [-0.1, -0.05) is 29.8 Å². The average molecular weight is 627 g/mol. The predicted octanol–water partition coefficient (Wildman–Crippen LogP) is 7.18. The lowest BCUT2D eigenvalue weighted by atomic mass is 10.0. The van der Waals surface area contributed by atoms with Gasteiger partial charge in [-0.05, 0) is 74.0 Å². The van der Waals surface area contributed by atoms with Gasteiger partial charge in [0.25, 0.3) is 11.6 Å². The Hall–Kier alpha value is -5.68. The monoisotopic (exact) mass is 626 g/mol. The third-order valence-electron chi connectivity index (χ3n) is 6.62. The van der Waals surface area contributed by atoms with Crippen molar-refractivity contribution in [3.05, 3.63) is 117 Å². The van der Waals surface area contributed by atoms with Crippen LogP contribution in [0.15, 0.2) is 90.0 Å². The number of aromatic nitrogens is 1. The molecule has 0 fully saturated rings. The number of H-pyrrole nitrogens is 1. The number of amides is 1. The number of ether oxygens (including phenoxy) is 3. The summed E-state index contributed by atoms with van der Waals surface area (Å²) in [7, 11) is 0. The van der Waals surface area contributed by atoms with Crippen LogP contribution in [-0.4, -0.2) is 41.2 Å². The minimum atomic E-state index is -0.708. The van der Waals surface area contributed by atoms with Crippen molar-refractivity contribution in [2.75, 3.05) is 13.2 Å². The van der Waals surface area contributed by atoms with Crippen LogP contribution < -0.4 is 19.6 Å². The highest BCUT2D eigenvalue weighted by molar-refractivity contribution is 6.34. The van der Waals surface area contributed by atoms with Gasteiger partial charge in [0.15, 0.2) is 11.5 Å². The van der Waals surface area contributed by atoms with E-state index in [0.717, 1.165) is 10.9 Å². The van der Waals surface area contributed by atoms with Crippen LogP contribution in [0.1, 0.15) is 40.3 Å². The fourth-order valence-electron chi connectivity index (χ4n) is 4.60. The Morgan fingerprint density at radius 2 is 1.71 bits per heavy atom. The Balaban J connectivity index is 1.37. The van der Waals surface area contributed by atoms with Gasteiger partial charge < -0.3 is 19.2 Å². The molecule has 1 heterocycles. The third kappa shape index (κ3) is 6.94. The van der Waals surface area contributed by atoms with Crippen LogP contribution in [0, 0.1) is 10.1 Å². The average Bonchev–Trinajstić information content (AvgIpc) is 3.41. The van der Waals surface area contributed by atoms with Crippen molar-refractivity contribution < 1.29 is 28.7 Å². The number of aromatic amines is 1. The summed E-state index contributed by atoms with van der Waals surface area (Å²) >= 11 is 6.54. The maximum atomic E-state index is 13.4. The summed E-state index contributed by atoms with van der Waals surface area (Å²) in [4.78, 5) is 39.6. The van der Waals surface area contributed by atoms with E-state index in [-0.39, 0.29) is 35.1 Å². The maximum Gasteiger partial charge on any atom is 0.343 e. The van der Waals surface area contributed by atoms with Gasteiger partial charge in [-0.3, -0.25) is 14.9 Å². The summed E-state index contributed by atoms with van der Waals surface area (Å²) < 4.78 is 16.8. The maximum absolute atomic E-state index is 13.4. The molecule has 1 amide bonds. The molecule has 45 heavy (non-hydrogen) atoms. The Kier molecular flexibility index (Phi) is 9.40. The van der Waals surface area contributed by atoms with Crippen molar-refractivity contribution in [3.8, 4) is 28.4 Å². The fraction of sp³-hybridized carbons (Fsp3) is 0.121. The second-order valence-electron chi connectivity index (χ2n) is 9.53. The van der Waals surface area contributed by atoms with Crippen molar-refractivity contribution in [1.82, 2.24) is 10.4 Å². The van der Waals surface area contributed by atoms with Gasteiger partial charge in [-0.25, -0.2) is 10.2 Å². The van der Waals surface area contributed by atoms with E-state index in [1.54, 1.807) is 25.1 Å². The van der Waals surface area contributed by atoms with E-state index in [0.29, 0.717) is 34.1 Å². The van der Waals surface area contributed by atoms with Gasteiger partial charge in [-0.2, -0.15) is 5.10 Å². The van der Waals surface area contributed by atoms with Crippen LogP contribution >= 0.6 is 11.6 Å². The Labute approximate surface area is 262 Å². The highest BCUT2D eigenvalue weighted by Crippen LogP contribution is 2.38. The number of esters is 1. The number of carbonyl (C=O) groups is 2. The number of non-ortho nitro benzene ring substituents is 1. The second kappa shape index (κ2) is 13.7. The van der Waals surface area contributed by atoms with E-state index >= 15 is 0 Å². The summed E-state index contributed by atoms with van der Waals surface area (Å²) in [5.41, 5.74) is 5.39. The molecular formula is C33H27ClN4O7. The highest BCUT2D eigenvalue weighted by atomic mass is 35.5. The lowest BCUT2D eigenvalue weighted by Gasteiger charge is -2.11. The molecule has 0 aliphatic carbocycles. The van der Waals surface area contributed by atoms with Crippen molar-refractivity contribution in [2.24, 2.45) is 5.10 Å². The summed E-state index contributed by atoms with van der Waals surface area (Å²) in [6.45, 7) is 4.45. The van der Waals surface area contributed by atoms with Crippen LogP contribution in [0.25, 0.3) is 22.0 Å². The molecule has 5 rings (SSSR count). The number of nitro groups is 1. The molecule has 1 aromatic heterocycles. The SMILES string of the molecule is CCOc1ccc2[nH]c(C(=O)NN=Cc3ccc(OC(=O)c4ccc([N+](=O)[O-])cc4)c(OCC)c3)c(-c3ccccc3Cl)c2c1. The molecular weight excluding hydrogens is 600 g/mol. The summed E-state index contributed by atoms with van der Waals surface area (Å²) in [6.07, 6.45) is 1.42. The van der Waals surface area contributed by atoms with Gasteiger partial charge in [-0.15, -0.1) is 0 Å². The molecule has 11 nitrogen and oxygen atoms in total. The largest absolute Gasteiger partial charge is 0.494 e. The molecule has 5 aromatic rings. The first kappa shape index (κ1) is 30.8. The standard InChI is InChI=1S/C33H27ClN4O7/c1-3-43-23-14-15-27-25(18-23)30(24-7-5-6-8-26(24)34)31(36-27)32(39)37-35-19-20-9-16-28(29(17-20)44-4-2)45-33(40)21-10-12-22(13-11-21)38(41)42/h5-19,36H,3-4H2,1-2H3,(H,37,39). The van der Waals surface area contributed by atoms with Crippen molar-refractivity contribution in [3.63, 3.8) is 0 Å². The molecule has 0 radical (unpaired) electrons. The van der Waals surface area contributed by atoms with Gasteiger partial charge in [0, 0.05) is 39.2 Å². The van der Waals surface area contributed by atoms with Crippen molar-refractivity contribution in [1.29, 1.82) is 0 Å². The van der Waals surface area contributed by atoms with Gasteiger partial charge in [0.1, 0.15) is 11.4 Å². The van der Waals surface area contributed by atoms with E-state index in [1.165, 1.54) is 36.5 Å². The molecule has 12 heteroatoms. The number of hydrogen-bond acceptors (Lipinski definition) is 8. The summed E-state index contributed by atoms with van der Waals surface area (Å²) in [6, 6.07) is 22.6. The van der Waals surface area contributed by atoms with Crippen LogP contribution in [0.2, 0.25) is 5.02 Å². The van der Waals surface area contributed by atoms with E-state index in [1.807, 2.05) is 43.3 Å². The molecule has 0 spiro atoms. The van der Waals surface area contributed by atoms with E-state index in [9.17, 15) is 19.7 Å². The highest BCUT2D eigenvalue weighted by Gasteiger charge is 2.21. The van der Waals surface area contributed by atoms with E-state index in [2.05, 4.69) is 15.5 Å². The lowest BCUT2D eigenvalue weighted by molar-refractivity contribution is -0.384. The number of halogens is 1. The fourth-order valence-corrected chi connectivity index (χ4v) is 4.83. The smallest absolute Gasteiger partial charge is 0.343 e. The number of nitrogens with one attached hydrogen (secondary N) is 2. The van der Waals surface area contributed by atoms with Crippen molar-refractivity contribution in [2.45, 2.75) is 13.8 Å². The molecule has 2 N–H and O–H groups in total. The Morgan fingerprint density at radius 1 is 0.956 bits per heavy atom. The first-order chi connectivity index (χ1) is 21.8. The summed E-state index contributed by atoms with van der Waals surface area (Å²) in [5, 5.41) is 16.3. The summed E-state index contributed by atoms with van der Waals surface area (Å²) in [5.74, 6) is -0.121.